The summed E-state index contributed by atoms with van der Waals surface area (Å²) in [6.07, 6.45) is 4.95. The molecule has 3 aromatic carbocycles. The average Bonchev–Trinajstić information content (AvgIpc) is 2.76. The number of hydrogen-bond acceptors (Lipinski definition) is 2. The van der Waals surface area contributed by atoms with Gasteiger partial charge >= 0.3 is 0 Å². The number of unbranched alkanes of at least 4 members (excludes halogenated alkanes) is 2. The smallest absolute Gasteiger partial charge is 0.261 e. The van der Waals surface area contributed by atoms with Crippen LogP contribution in [0.4, 0.5) is 0 Å². The van der Waals surface area contributed by atoms with Crippen LogP contribution >= 0.6 is 0 Å². The van der Waals surface area contributed by atoms with Gasteiger partial charge in [-0.05, 0) is 41.5 Å². The Morgan fingerprint density at radius 2 is 1.45 bits per heavy atom. The van der Waals surface area contributed by atoms with Crippen LogP contribution < -0.4 is 0 Å². The molecular weight excluding hydrogens is 358 g/mol. The highest BCUT2D eigenvalue weighted by molar-refractivity contribution is 6.27. The van der Waals surface area contributed by atoms with E-state index in [1.165, 1.54) is 4.90 Å². The second-order valence-electron chi connectivity index (χ2n) is 7.79. The summed E-state index contributed by atoms with van der Waals surface area (Å²) in [6, 6.07) is 19.8. The van der Waals surface area contributed by atoms with Gasteiger partial charge in [-0.25, -0.2) is 0 Å². The summed E-state index contributed by atoms with van der Waals surface area (Å²) in [7, 11) is 0. The standard InChI is InChI=1S/C26H27NO2/c1-3-5-7-13-19(4-2)27-25(28)22-15-10-14-21-20(18-11-8-6-9-12-18)16-17-23(24(21)22)26(27)29/h6,8-12,14-17,19H,3-5,7,13H2,1-2H3. The van der Waals surface area contributed by atoms with E-state index in [4.69, 9.17) is 0 Å². The van der Waals surface area contributed by atoms with Gasteiger partial charge in [0.05, 0.1) is 0 Å². The largest absolute Gasteiger partial charge is 0.271 e. The van der Waals surface area contributed by atoms with Crippen molar-refractivity contribution < 1.29 is 9.59 Å². The maximum atomic E-state index is 13.4. The van der Waals surface area contributed by atoms with Crippen LogP contribution in [-0.4, -0.2) is 22.8 Å². The molecule has 1 heterocycles. The van der Waals surface area contributed by atoms with E-state index in [9.17, 15) is 9.59 Å². The molecule has 1 aliphatic rings. The number of benzene rings is 3. The molecule has 0 radical (unpaired) electrons. The van der Waals surface area contributed by atoms with Gasteiger partial charge in [0.1, 0.15) is 0 Å². The van der Waals surface area contributed by atoms with E-state index in [0.717, 1.165) is 54.0 Å². The monoisotopic (exact) mass is 385 g/mol. The van der Waals surface area contributed by atoms with Gasteiger partial charge in [-0.2, -0.15) is 0 Å². The van der Waals surface area contributed by atoms with Crippen LogP contribution in [0.3, 0.4) is 0 Å². The van der Waals surface area contributed by atoms with Crippen LogP contribution in [0.1, 0.15) is 66.7 Å². The van der Waals surface area contributed by atoms with Gasteiger partial charge in [-0.15, -0.1) is 0 Å². The Hall–Kier alpha value is -2.94. The van der Waals surface area contributed by atoms with Gasteiger partial charge < -0.3 is 0 Å². The molecule has 3 heteroatoms. The molecule has 4 rings (SSSR count). The van der Waals surface area contributed by atoms with Crippen LogP contribution in [0.5, 0.6) is 0 Å². The zero-order chi connectivity index (χ0) is 20.4. The number of nitrogens with zero attached hydrogens (tertiary/aromatic N) is 1. The van der Waals surface area contributed by atoms with E-state index in [0.29, 0.717) is 11.1 Å². The van der Waals surface area contributed by atoms with Crippen molar-refractivity contribution in [2.24, 2.45) is 0 Å². The summed E-state index contributed by atoms with van der Waals surface area (Å²) >= 11 is 0. The van der Waals surface area contributed by atoms with E-state index in [1.807, 2.05) is 48.5 Å². The molecule has 148 valence electrons. The lowest BCUT2D eigenvalue weighted by Gasteiger charge is -2.34. The normalized spacial score (nSPS) is 14.5. The highest BCUT2D eigenvalue weighted by atomic mass is 16.2. The SMILES string of the molecule is CCCCCC(CC)N1C(=O)c2cccc3c(-c4ccccc4)ccc(c23)C1=O. The number of imide groups is 1. The predicted octanol–water partition coefficient (Wildman–Crippen LogP) is 6.46. The summed E-state index contributed by atoms with van der Waals surface area (Å²) < 4.78 is 0. The Morgan fingerprint density at radius 3 is 2.14 bits per heavy atom. The number of amides is 2. The summed E-state index contributed by atoms with van der Waals surface area (Å²) in [6.45, 7) is 4.23. The first-order valence-electron chi connectivity index (χ1n) is 10.7. The number of carbonyl (C=O) groups is 2. The van der Waals surface area contributed by atoms with Crippen molar-refractivity contribution in [1.82, 2.24) is 4.90 Å². The third-order valence-electron chi connectivity index (χ3n) is 6.00. The molecule has 2 amide bonds. The first kappa shape index (κ1) is 19.4. The topological polar surface area (TPSA) is 37.4 Å². The van der Waals surface area contributed by atoms with Gasteiger partial charge in [-0.3, -0.25) is 14.5 Å². The second-order valence-corrected chi connectivity index (χ2v) is 7.79. The molecule has 0 aliphatic carbocycles. The van der Waals surface area contributed by atoms with Gasteiger partial charge in [0.25, 0.3) is 11.8 Å². The van der Waals surface area contributed by atoms with E-state index < -0.39 is 0 Å². The highest BCUT2D eigenvalue weighted by Crippen LogP contribution is 2.37. The van der Waals surface area contributed by atoms with Crippen LogP contribution in [0.15, 0.2) is 60.7 Å². The lowest BCUT2D eigenvalue weighted by Crippen LogP contribution is -2.46. The summed E-state index contributed by atoms with van der Waals surface area (Å²) in [4.78, 5) is 28.3. The molecule has 29 heavy (non-hydrogen) atoms. The minimum absolute atomic E-state index is 0.0428. The summed E-state index contributed by atoms with van der Waals surface area (Å²) in [5.74, 6) is -0.302. The zero-order valence-electron chi connectivity index (χ0n) is 17.2. The molecule has 0 aromatic heterocycles. The number of hydrogen-bond donors (Lipinski definition) is 0. The molecule has 1 atom stereocenters. The second kappa shape index (κ2) is 8.20. The summed E-state index contributed by atoms with van der Waals surface area (Å²) in [5.41, 5.74) is 3.42. The van der Waals surface area contributed by atoms with Gasteiger partial charge in [0.15, 0.2) is 0 Å². The third-order valence-corrected chi connectivity index (χ3v) is 6.00. The van der Waals surface area contributed by atoms with Crippen LogP contribution in [-0.2, 0) is 0 Å². The third kappa shape index (κ3) is 3.35. The summed E-state index contributed by atoms with van der Waals surface area (Å²) in [5, 5.41) is 1.76. The van der Waals surface area contributed by atoms with Gasteiger partial charge in [0, 0.05) is 22.6 Å². The fraction of sp³-hybridized carbons (Fsp3) is 0.308. The van der Waals surface area contributed by atoms with E-state index in [1.54, 1.807) is 0 Å². The molecule has 0 spiro atoms. The fourth-order valence-electron chi connectivity index (χ4n) is 4.46. The van der Waals surface area contributed by atoms with Crippen molar-refractivity contribution in [3.63, 3.8) is 0 Å². The maximum Gasteiger partial charge on any atom is 0.261 e. The van der Waals surface area contributed by atoms with Crippen molar-refractivity contribution in [2.45, 2.75) is 52.0 Å². The number of rotatable bonds is 7. The fourth-order valence-corrected chi connectivity index (χ4v) is 4.46. The Morgan fingerprint density at radius 1 is 0.759 bits per heavy atom. The van der Waals surface area contributed by atoms with Gasteiger partial charge in [-0.1, -0.05) is 81.6 Å². The molecule has 3 aromatic rings. The molecule has 1 aliphatic heterocycles. The molecule has 0 N–H and O–H groups in total. The van der Waals surface area contributed by atoms with E-state index in [-0.39, 0.29) is 17.9 Å². The van der Waals surface area contributed by atoms with Crippen LogP contribution in [0.2, 0.25) is 0 Å². The van der Waals surface area contributed by atoms with Crippen molar-refractivity contribution in [1.29, 1.82) is 0 Å². The zero-order valence-corrected chi connectivity index (χ0v) is 17.2. The Bertz CT molecular complexity index is 1030. The minimum Gasteiger partial charge on any atom is -0.271 e. The average molecular weight is 386 g/mol. The molecule has 0 bridgehead atoms. The number of carbonyl (C=O) groups excluding carboxylic acids is 2. The van der Waals surface area contributed by atoms with Crippen LogP contribution in [0.25, 0.3) is 21.9 Å². The van der Waals surface area contributed by atoms with Crippen molar-refractivity contribution in [3.8, 4) is 11.1 Å². The Labute approximate surface area is 172 Å². The van der Waals surface area contributed by atoms with E-state index >= 15 is 0 Å². The molecule has 0 fully saturated rings. The quantitative estimate of drug-likeness (QED) is 0.346. The Kier molecular flexibility index (Phi) is 5.48. The first-order valence-corrected chi connectivity index (χ1v) is 10.7. The molecule has 3 nitrogen and oxygen atoms in total. The predicted molar refractivity (Wildman–Crippen MR) is 118 cm³/mol. The maximum absolute atomic E-state index is 13.4. The minimum atomic E-state index is -0.151. The Balaban J connectivity index is 1.82. The van der Waals surface area contributed by atoms with E-state index in [2.05, 4.69) is 26.0 Å². The molecule has 1 unspecified atom stereocenters. The lowest BCUT2D eigenvalue weighted by atomic mass is 9.88. The van der Waals surface area contributed by atoms with Gasteiger partial charge in [0.2, 0.25) is 0 Å². The van der Waals surface area contributed by atoms with Crippen molar-refractivity contribution in [2.75, 3.05) is 0 Å². The van der Waals surface area contributed by atoms with Crippen LogP contribution in [0, 0.1) is 0 Å². The molecular formula is C26H27NO2. The van der Waals surface area contributed by atoms with Crippen molar-refractivity contribution >= 4 is 22.6 Å². The lowest BCUT2D eigenvalue weighted by molar-refractivity contribution is 0.0524. The first-order chi connectivity index (χ1) is 14.2. The van der Waals surface area contributed by atoms with Crippen molar-refractivity contribution in [3.05, 3.63) is 71.8 Å². The molecule has 0 saturated carbocycles. The molecule has 0 saturated heterocycles. The highest BCUT2D eigenvalue weighted by Gasteiger charge is 2.36.